The molecule has 3 rings (SSSR count). The highest BCUT2D eigenvalue weighted by atomic mass is 19.4. The van der Waals surface area contributed by atoms with Crippen molar-refractivity contribution in [2.24, 2.45) is 0 Å². The maximum absolute atomic E-state index is 14.2. The van der Waals surface area contributed by atoms with Gasteiger partial charge in [0.15, 0.2) is 29.4 Å². The van der Waals surface area contributed by atoms with Crippen LogP contribution in [0.15, 0.2) is 60.7 Å². The van der Waals surface area contributed by atoms with Crippen LogP contribution in [0.25, 0.3) is 0 Å². The summed E-state index contributed by atoms with van der Waals surface area (Å²) in [5.41, 5.74) is -3.55. The van der Waals surface area contributed by atoms with Gasteiger partial charge in [-0.1, -0.05) is 60.7 Å². The molecule has 0 aliphatic heterocycles. The first-order valence-corrected chi connectivity index (χ1v) is 9.05. The van der Waals surface area contributed by atoms with Crippen LogP contribution in [-0.4, -0.2) is 5.91 Å². The molecule has 0 spiro atoms. The number of hydrogen-bond acceptors (Lipinski definition) is 2. The summed E-state index contributed by atoms with van der Waals surface area (Å²) >= 11 is 0. The molecular weight excluding hydrogens is 443 g/mol. The summed E-state index contributed by atoms with van der Waals surface area (Å²) < 4.78 is 99.9. The fraction of sp³-hybridized carbons (Fsp3) is 0.136. The Morgan fingerprint density at radius 2 is 1.31 bits per heavy atom. The summed E-state index contributed by atoms with van der Waals surface area (Å²) in [7, 11) is 0. The topological polar surface area (TPSA) is 38.3 Å². The molecule has 168 valence electrons. The smallest absolute Gasteiger partial charge is 0.359 e. The minimum atomic E-state index is -5.69. The van der Waals surface area contributed by atoms with Crippen molar-refractivity contribution in [2.45, 2.75) is 18.9 Å². The number of nitrogens with one attached hydrogen (secondary N) is 1. The van der Waals surface area contributed by atoms with Crippen LogP contribution in [0.3, 0.4) is 0 Å². The number of carbonyl (C=O) groups is 1. The molecule has 0 aromatic heterocycles. The van der Waals surface area contributed by atoms with Crippen molar-refractivity contribution >= 4 is 11.6 Å². The van der Waals surface area contributed by atoms with Gasteiger partial charge in [0.1, 0.15) is 11.3 Å². The standard InChI is InChI=1S/C22H14F7NO2/c23-15-14(22(27,28)29)16(24)18(26)19(17(15)25)30-21(31)20(13-9-5-2-6-10-13)32-11-12-7-3-1-4-8-12/h1-10,20H,11H2,(H,30,31). The molecule has 3 aromatic rings. The van der Waals surface area contributed by atoms with E-state index in [1.165, 1.54) is 12.1 Å². The Kier molecular flexibility index (Phi) is 6.83. The van der Waals surface area contributed by atoms with E-state index in [-0.39, 0.29) is 12.2 Å². The van der Waals surface area contributed by atoms with Crippen molar-refractivity contribution in [3.8, 4) is 0 Å². The molecule has 0 saturated heterocycles. The summed E-state index contributed by atoms with van der Waals surface area (Å²) in [6.45, 7) is -0.117. The molecule has 0 heterocycles. The van der Waals surface area contributed by atoms with Crippen LogP contribution in [0.2, 0.25) is 0 Å². The number of carbonyl (C=O) groups excluding carboxylic acids is 1. The normalized spacial score (nSPS) is 12.5. The monoisotopic (exact) mass is 457 g/mol. The lowest BCUT2D eigenvalue weighted by atomic mass is 10.1. The molecule has 1 N–H and O–H groups in total. The van der Waals surface area contributed by atoms with E-state index in [1.54, 1.807) is 53.8 Å². The third-order valence-corrected chi connectivity index (χ3v) is 4.39. The largest absolute Gasteiger partial charge is 0.422 e. The van der Waals surface area contributed by atoms with Crippen molar-refractivity contribution in [3.63, 3.8) is 0 Å². The van der Waals surface area contributed by atoms with Gasteiger partial charge in [-0.05, 0) is 11.1 Å². The zero-order valence-corrected chi connectivity index (χ0v) is 16.0. The van der Waals surface area contributed by atoms with Crippen molar-refractivity contribution in [3.05, 3.63) is 101 Å². The molecule has 0 radical (unpaired) electrons. The molecule has 1 unspecified atom stereocenters. The number of hydrogen-bond donors (Lipinski definition) is 1. The molecule has 0 saturated carbocycles. The zero-order chi connectivity index (χ0) is 23.5. The second-order valence-corrected chi connectivity index (χ2v) is 6.58. The SMILES string of the molecule is O=C(Nc1c(F)c(F)c(C(F)(F)F)c(F)c1F)C(OCc1ccccc1)c1ccccc1. The predicted octanol–water partition coefficient (Wildman–Crippen LogP) is 6.16. The number of anilines is 1. The lowest BCUT2D eigenvalue weighted by Crippen LogP contribution is -2.26. The van der Waals surface area contributed by atoms with E-state index in [9.17, 15) is 35.5 Å². The van der Waals surface area contributed by atoms with Gasteiger partial charge in [-0.2, -0.15) is 13.2 Å². The van der Waals surface area contributed by atoms with E-state index >= 15 is 0 Å². The lowest BCUT2D eigenvalue weighted by Gasteiger charge is -2.20. The molecular formula is C22H14F7NO2. The third-order valence-electron chi connectivity index (χ3n) is 4.39. The third kappa shape index (κ3) is 4.91. The second kappa shape index (κ2) is 9.39. The highest BCUT2D eigenvalue weighted by molar-refractivity contribution is 5.95. The molecule has 0 aliphatic carbocycles. The molecule has 10 heteroatoms. The number of ether oxygens (including phenoxy) is 1. The molecule has 3 nitrogen and oxygen atoms in total. The van der Waals surface area contributed by atoms with Gasteiger partial charge < -0.3 is 10.1 Å². The van der Waals surface area contributed by atoms with Gasteiger partial charge in [0, 0.05) is 0 Å². The van der Waals surface area contributed by atoms with Gasteiger partial charge in [-0.15, -0.1) is 0 Å². The van der Waals surface area contributed by atoms with E-state index in [0.717, 1.165) is 0 Å². The maximum atomic E-state index is 14.2. The van der Waals surface area contributed by atoms with Gasteiger partial charge >= 0.3 is 6.18 Å². The van der Waals surface area contributed by atoms with Gasteiger partial charge in [-0.3, -0.25) is 4.79 Å². The average molecular weight is 457 g/mol. The summed E-state index contributed by atoms with van der Waals surface area (Å²) in [4.78, 5) is 12.7. The Morgan fingerprint density at radius 3 is 1.81 bits per heavy atom. The second-order valence-electron chi connectivity index (χ2n) is 6.58. The number of halogens is 7. The predicted molar refractivity (Wildman–Crippen MR) is 100 cm³/mol. The van der Waals surface area contributed by atoms with Crippen molar-refractivity contribution in [1.82, 2.24) is 0 Å². The quantitative estimate of drug-likeness (QED) is 0.356. The molecule has 0 fully saturated rings. The van der Waals surface area contributed by atoms with E-state index in [4.69, 9.17) is 4.74 Å². The Labute approximate surface area is 177 Å². The number of amides is 1. The number of rotatable bonds is 6. The van der Waals surface area contributed by atoms with Crippen molar-refractivity contribution in [1.29, 1.82) is 0 Å². The minimum absolute atomic E-state index is 0.117. The fourth-order valence-corrected chi connectivity index (χ4v) is 2.88. The highest BCUT2D eigenvalue weighted by Crippen LogP contribution is 2.38. The minimum Gasteiger partial charge on any atom is -0.359 e. The van der Waals surface area contributed by atoms with E-state index in [1.807, 2.05) is 0 Å². The van der Waals surface area contributed by atoms with Gasteiger partial charge in [0.2, 0.25) is 0 Å². The fourth-order valence-electron chi connectivity index (χ4n) is 2.88. The average Bonchev–Trinajstić information content (AvgIpc) is 2.76. The highest BCUT2D eigenvalue weighted by Gasteiger charge is 2.42. The number of benzene rings is 3. The van der Waals surface area contributed by atoms with E-state index in [2.05, 4.69) is 0 Å². The van der Waals surface area contributed by atoms with Gasteiger partial charge in [-0.25, -0.2) is 17.6 Å². The van der Waals surface area contributed by atoms with Crippen LogP contribution in [0.4, 0.5) is 36.4 Å². The summed E-state index contributed by atoms with van der Waals surface area (Å²) in [5.74, 6) is -11.4. The Bertz CT molecular complexity index is 1070. The first-order chi connectivity index (χ1) is 15.1. The molecule has 0 aliphatic rings. The molecule has 32 heavy (non-hydrogen) atoms. The first kappa shape index (κ1) is 23.3. The van der Waals surface area contributed by atoms with Gasteiger partial charge in [0.05, 0.1) is 6.61 Å². The molecule has 0 bridgehead atoms. The maximum Gasteiger partial charge on any atom is 0.422 e. The van der Waals surface area contributed by atoms with E-state index < -0.39 is 52.7 Å². The van der Waals surface area contributed by atoms with Crippen LogP contribution in [0, 0.1) is 23.3 Å². The summed E-state index contributed by atoms with van der Waals surface area (Å²) in [6.07, 6.45) is -7.19. The zero-order valence-electron chi connectivity index (χ0n) is 16.0. The first-order valence-electron chi connectivity index (χ1n) is 9.05. The van der Waals surface area contributed by atoms with E-state index in [0.29, 0.717) is 5.56 Å². The Hall–Kier alpha value is -3.40. The molecule has 3 aromatic carbocycles. The summed E-state index contributed by atoms with van der Waals surface area (Å²) in [6, 6.07) is 16.1. The number of alkyl halides is 3. The van der Waals surface area contributed by atoms with Crippen LogP contribution in [0.1, 0.15) is 22.8 Å². The Morgan fingerprint density at radius 1 is 0.812 bits per heavy atom. The molecule has 1 amide bonds. The van der Waals surface area contributed by atoms with Crippen LogP contribution >= 0.6 is 0 Å². The lowest BCUT2D eigenvalue weighted by molar-refractivity contribution is -0.143. The van der Waals surface area contributed by atoms with Gasteiger partial charge in [0.25, 0.3) is 5.91 Å². The van der Waals surface area contributed by atoms with Crippen molar-refractivity contribution in [2.75, 3.05) is 5.32 Å². The Balaban J connectivity index is 1.94. The van der Waals surface area contributed by atoms with Crippen LogP contribution in [0.5, 0.6) is 0 Å². The van der Waals surface area contributed by atoms with Crippen molar-refractivity contribution < 1.29 is 40.3 Å². The van der Waals surface area contributed by atoms with Crippen LogP contribution in [-0.2, 0) is 22.3 Å². The molecule has 1 atom stereocenters. The van der Waals surface area contributed by atoms with Crippen LogP contribution < -0.4 is 5.32 Å². The summed E-state index contributed by atoms with van der Waals surface area (Å²) in [5, 5.41) is 1.61.